The Morgan fingerprint density at radius 3 is 2.53 bits per heavy atom. The minimum atomic E-state index is -0.530. The van der Waals surface area contributed by atoms with Gasteiger partial charge in [-0.2, -0.15) is 0 Å². The Balaban J connectivity index is 2.03. The van der Waals surface area contributed by atoms with E-state index in [1.165, 1.54) is 0 Å². The first-order valence-corrected chi connectivity index (χ1v) is 6.44. The number of hydrogen-bond donors (Lipinski definition) is 1. The van der Waals surface area contributed by atoms with Gasteiger partial charge in [-0.3, -0.25) is 4.90 Å². The number of benzene rings is 1. The molecule has 1 atom stereocenters. The molecule has 0 spiro atoms. The fourth-order valence-corrected chi connectivity index (χ4v) is 2.19. The molecule has 0 aromatic heterocycles. The Labute approximate surface area is 113 Å². The van der Waals surface area contributed by atoms with Crippen LogP contribution < -0.4 is 9.47 Å². The maximum atomic E-state index is 10.3. The van der Waals surface area contributed by atoms with E-state index in [1.807, 2.05) is 18.2 Å². The summed E-state index contributed by atoms with van der Waals surface area (Å²) in [6.07, 6.45) is -0.530. The third kappa shape index (κ3) is 3.59. The molecule has 0 amide bonds. The lowest BCUT2D eigenvalue weighted by Crippen LogP contribution is -2.38. The molecule has 1 fully saturated rings. The molecular weight excluding hydrogens is 246 g/mol. The fourth-order valence-electron chi connectivity index (χ4n) is 2.19. The molecule has 1 unspecified atom stereocenters. The first-order valence-electron chi connectivity index (χ1n) is 6.44. The van der Waals surface area contributed by atoms with Crippen molar-refractivity contribution in [2.24, 2.45) is 0 Å². The van der Waals surface area contributed by atoms with Gasteiger partial charge in [0.2, 0.25) is 0 Å². The number of ether oxygens (including phenoxy) is 3. The number of morpholine rings is 1. The summed E-state index contributed by atoms with van der Waals surface area (Å²) in [5.41, 5.74) is 0.837. The van der Waals surface area contributed by atoms with Crippen molar-refractivity contribution in [1.82, 2.24) is 4.90 Å². The molecular formula is C14H21NO4. The van der Waals surface area contributed by atoms with Gasteiger partial charge in [-0.15, -0.1) is 0 Å². The lowest BCUT2D eigenvalue weighted by molar-refractivity contribution is 0.0143. The van der Waals surface area contributed by atoms with Crippen molar-refractivity contribution in [3.8, 4) is 11.5 Å². The highest BCUT2D eigenvalue weighted by Crippen LogP contribution is 2.30. The Morgan fingerprint density at radius 1 is 1.21 bits per heavy atom. The van der Waals surface area contributed by atoms with E-state index in [4.69, 9.17) is 14.2 Å². The SMILES string of the molecule is COc1ccc(C(O)CN2CCOCC2)cc1OC. The van der Waals surface area contributed by atoms with E-state index in [9.17, 15) is 5.11 Å². The highest BCUT2D eigenvalue weighted by Gasteiger charge is 2.17. The van der Waals surface area contributed by atoms with Gasteiger partial charge in [-0.25, -0.2) is 0 Å². The van der Waals surface area contributed by atoms with Crippen LogP contribution in [-0.2, 0) is 4.74 Å². The average molecular weight is 267 g/mol. The predicted molar refractivity (Wildman–Crippen MR) is 71.8 cm³/mol. The molecule has 0 saturated carbocycles. The number of β-amino-alcohol motifs (C(OH)–C–C–N with tert-alkyl or cyclic N) is 1. The minimum absolute atomic E-state index is 0.530. The van der Waals surface area contributed by atoms with E-state index in [-0.39, 0.29) is 0 Å². The second kappa shape index (κ2) is 6.75. The third-order valence-electron chi connectivity index (χ3n) is 3.33. The molecule has 106 valence electrons. The molecule has 5 nitrogen and oxygen atoms in total. The standard InChI is InChI=1S/C14H21NO4/c1-17-13-4-3-11(9-14(13)18-2)12(16)10-15-5-7-19-8-6-15/h3-4,9,12,16H,5-8,10H2,1-2H3. The van der Waals surface area contributed by atoms with Gasteiger partial charge in [0, 0.05) is 19.6 Å². The first kappa shape index (κ1) is 14.1. The summed E-state index contributed by atoms with van der Waals surface area (Å²) < 4.78 is 15.7. The highest BCUT2D eigenvalue weighted by molar-refractivity contribution is 5.43. The quantitative estimate of drug-likeness (QED) is 0.865. The van der Waals surface area contributed by atoms with Crippen LogP contribution in [0.25, 0.3) is 0 Å². The van der Waals surface area contributed by atoms with Crippen molar-refractivity contribution >= 4 is 0 Å². The van der Waals surface area contributed by atoms with Crippen molar-refractivity contribution in [1.29, 1.82) is 0 Å². The number of aliphatic hydroxyl groups excluding tert-OH is 1. The summed E-state index contributed by atoms with van der Waals surface area (Å²) >= 11 is 0. The smallest absolute Gasteiger partial charge is 0.161 e. The number of aliphatic hydroxyl groups is 1. The van der Waals surface area contributed by atoms with Gasteiger partial charge in [0.25, 0.3) is 0 Å². The monoisotopic (exact) mass is 267 g/mol. The summed E-state index contributed by atoms with van der Waals surface area (Å²) in [4.78, 5) is 2.20. The molecule has 1 saturated heterocycles. The van der Waals surface area contributed by atoms with Crippen LogP contribution in [0.5, 0.6) is 11.5 Å². The zero-order chi connectivity index (χ0) is 13.7. The summed E-state index contributed by atoms with van der Waals surface area (Å²) in [5, 5.41) is 10.3. The van der Waals surface area contributed by atoms with E-state index in [2.05, 4.69) is 4.90 Å². The van der Waals surface area contributed by atoms with Gasteiger partial charge >= 0.3 is 0 Å². The second-order valence-corrected chi connectivity index (χ2v) is 4.54. The minimum Gasteiger partial charge on any atom is -0.493 e. The van der Waals surface area contributed by atoms with E-state index in [0.29, 0.717) is 18.0 Å². The molecule has 19 heavy (non-hydrogen) atoms. The van der Waals surface area contributed by atoms with E-state index >= 15 is 0 Å². The van der Waals surface area contributed by atoms with Crippen LogP contribution in [0.1, 0.15) is 11.7 Å². The molecule has 1 N–H and O–H groups in total. The van der Waals surface area contributed by atoms with Gasteiger partial charge in [-0.1, -0.05) is 6.07 Å². The number of nitrogens with zero attached hydrogens (tertiary/aromatic N) is 1. The average Bonchev–Trinajstić information content (AvgIpc) is 2.47. The summed E-state index contributed by atoms with van der Waals surface area (Å²) in [7, 11) is 3.19. The van der Waals surface area contributed by atoms with Gasteiger partial charge in [0.05, 0.1) is 33.5 Å². The zero-order valence-electron chi connectivity index (χ0n) is 11.5. The molecule has 0 bridgehead atoms. The van der Waals surface area contributed by atoms with Gasteiger partial charge in [0.15, 0.2) is 11.5 Å². The van der Waals surface area contributed by atoms with Gasteiger partial charge in [-0.05, 0) is 17.7 Å². The molecule has 5 heteroatoms. The molecule has 1 heterocycles. The van der Waals surface area contributed by atoms with E-state index in [1.54, 1.807) is 14.2 Å². The maximum Gasteiger partial charge on any atom is 0.161 e. The Bertz CT molecular complexity index is 404. The van der Waals surface area contributed by atoms with Crippen molar-refractivity contribution < 1.29 is 19.3 Å². The molecule has 0 aliphatic carbocycles. The number of methoxy groups -OCH3 is 2. The molecule has 1 aliphatic heterocycles. The second-order valence-electron chi connectivity index (χ2n) is 4.54. The Hall–Kier alpha value is -1.30. The van der Waals surface area contributed by atoms with Crippen LogP contribution >= 0.6 is 0 Å². The Kier molecular flexibility index (Phi) is 5.01. The van der Waals surface area contributed by atoms with Crippen molar-refractivity contribution in [2.75, 3.05) is 47.1 Å². The number of hydrogen-bond acceptors (Lipinski definition) is 5. The van der Waals surface area contributed by atoms with E-state index < -0.39 is 6.10 Å². The topological polar surface area (TPSA) is 51.2 Å². The molecule has 1 aliphatic rings. The van der Waals surface area contributed by atoms with Crippen LogP contribution in [-0.4, -0.2) is 57.1 Å². The largest absolute Gasteiger partial charge is 0.493 e. The lowest BCUT2D eigenvalue weighted by atomic mass is 10.1. The van der Waals surface area contributed by atoms with Crippen molar-refractivity contribution in [3.05, 3.63) is 23.8 Å². The van der Waals surface area contributed by atoms with Crippen LogP contribution in [0, 0.1) is 0 Å². The van der Waals surface area contributed by atoms with Gasteiger partial charge < -0.3 is 19.3 Å². The summed E-state index contributed by atoms with van der Waals surface area (Å²) in [6, 6.07) is 5.51. The van der Waals surface area contributed by atoms with Crippen LogP contribution in [0.4, 0.5) is 0 Å². The normalized spacial score (nSPS) is 18.1. The summed E-state index contributed by atoms with van der Waals surface area (Å²) in [5.74, 6) is 1.31. The number of rotatable bonds is 5. The molecule has 1 aromatic carbocycles. The Morgan fingerprint density at radius 2 is 1.89 bits per heavy atom. The molecule has 0 radical (unpaired) electrons. The molecule has 1 aromatic rings. The maximum absolute atomic E-state index is 10.3. The zero-order valence-corrected chi connectivity index (χ0v) is 11.5. The molecule has 2 rings (SSSR count). The summed E-state index contributed by atoms with van der Waals surface area (Å²) in [6.45, 7) is 3.81. The van der Waals surface area contributed by atoms with Crippen molar-refractivity contribution in [2.45, 2.75) is 6.10 Å². The first-order chi connectivity index (χ1) is 9.24. The van der Waals surface area contributed by atoms with Crippen molar-refractivity contribution in [3.63, 3.8) is 0 Å². The van der Waals surface area contributed by atoms with Crippen LogP contribution in [0.3, 0.4) is 0 Å². The highest BCUT2D eigenvalue weighted by atomic mass is 16.5. The lowest BCUT2D eigenvalue weighted by Gasteiger charge is -2.28. The van der Waals surface area contributed by atoms with Crippen LogP contribution in [0.2, 0.25) is 0 Å². The van der Waals surface area contributed by atoms with Crippen LogP contribution in [0.15, 0.2) is 18.2 Å². The van der Waals surface area contributed by atoms with E-state index in [0.717, 1.165) is 31.9 Å². The third-order valence-corrected chi connectivity index (χ3v) is 3.33. The fraction of sp³-hybridized carbons (Fsp3) is 0.571. The predicted octanol–water partition coefficient (Wildman–Crippen LogP) is 1.07. The van der Waals surface area contributed by atoms with Gasteiger partial charge in [0.1, 0.15) is 0 Å².